The highest BCUT2D eigenvalue weighted by molar-refractivity contribution is 5.40. The smallest absolute Gasteiger partial charge is 0.128 e. The SMILES string of the molecule is CC(C)CN1CCC[C@@H]1c1ccc(N2CCNCC2)nc1. The summed E-state index contributed by atoms with van der Waals surface area (Å²) in [6, 6.07) is 5.09. The Bertz CT molecular complexity index is 437. The summed E-state index contributed by atoms with van der Waals surface area (Å²) in [6.45, 7) is 11.3. The fourth-order valence-electron chi connectivity index (χ4n) is 3.57. The Morgan fingerprint density at radius 3 is 2.71 bits per heavy atom. The third-order valence-corrected chi connectivity index (χ3v) is 4.56. The molecular formula is C17H28N4. The molecule has 0 saturated carbocycles. The largest absolute Gasteiger partial charge is 0.354 e. The molecule has 2 fully saturated rings. The average molecular weight is 288 g/mol. The van der Waals surface area contributed by atoms with Crippen molar-refractivity contribution < 1.29 is 0 Å². The van der Waals surface area contributed by atoms with Gasteiger partial charge >= 0.3 is 0 Å². The van der Waals surface area contributed by atoms with E-state index in [-0.39, 0.29) is 0 Å². The van der Waals surface area contributed by atoms with Crippen molar-refractivity contribution in [3.63, 3.8) is 0 Å². The number of nitrogens with zero attached hydrogens (tertiary/aromatic N) is 3. The van der Waals surface area contributed by atoms with Crippen LogP contribution < -0.4 is 10.2 Å². The van der Waals surface area contributed by atoms with E-state index in [0.29, 0.717) is 6.04 Å². The first-order valence-electron chi connectivity index (χ1n) is 8.39. The van der Waals surface area contributed by atoms with E-state index in [0.717, 1.165) is 37.9 Å². The maximum atomic E-state index is 4.73. The second-order valence-corrected chi connectivity index (χ2v) is 6.73. The van der Waals surface area contributed by atoms with Crippen molar-refractivity contribution >= 4 is 5.82 Å². The van der Waals surface area contributed by atoms with E-state index in [1.807, 2.05) is 0 Å². The fraction of sp³-hybridized carbons (Fsp3) is 0.706. The Labute approximate surface area is 128 Å². The summed E-state index contributed by atoms with van der Waals surface area (Å²) >= 11 is 0. The van der Waals surface area contributed by atoms with E-state index < -0.39 is 0 Å². The molecule has 0 radical (unpaired) electrons. The Balaban J connectivity index is 1.68. The summed E-state index contributed by atoms with van der Waals surface area (Å²) in [7, 11) is 0. The topological polar surface area (TPSA) is 31.4 Å². The average Bonchev–Trinajstić information content (AvgIpc) is 2.96. The number of rotatable bonds is 4. The Hall–Kier alpha value is -1.13. The normalized spacial score (nSPS) is 24.0. The minimum atomic E-state index is 0.581. The summed E-state index contributed by atoms with van der Waals surface area (Å²) in [5.41, 5.74) is 1.40. The number of hydrogen-bond donors (Lipinski definition) is 1. The molecule has 1 N–H and O–H groups in total. The third kappa shape index (κ3) is 3.55. The highest BCUT2D eigenvalue weighted by Gasteiger charge is 2.26. The molecule has 0 aliphatic carbocycles. The summed E-state index contributed by atoms with van der Waals surface area (Å²) in [4.78, 5) is 9.74. The molecule has 0 unspecified atom stereocenters. The fourth-order valence-corrected chi connectivity index (χ4v) is 3.57. The van der Waals surface area contributed by atoms with Crippen molar-refractivity contribution in [2.75, 3.05) is 44.2 Å². The minimum Gasteiger partial charge on any atom is -0.354 e. The molecule has 0 aromatic carbocycles. The van der Waals surface area contributed by atoms with Crippen LogP contribution in [0.25, 0.3) is 0 Å². The highest BCUT2D eigenvalue weighted by Crippen LogP contribution is 2.32. The Kier molecular flexibility index (Phi) is 4.76. The van der Waals surface area contributed by atoms with E-state index in [2.05, 4.69) is 47.3 Å². The zero-order valence-corrected chi connectivity index (χ0v) is 13.4. The van der Waals surface area contributed by atoms with Crippen molar-refractivity contribution in [1.82, 2.24) is 15.2 Å². The van der Waals surface area contributed by atoms with Crippen LogP contribution in [-0.4, -0.2) is 49.2 Å². The van der Waals surface area contributed by atoms with Crippen molar-refractivity contribution in [1.29, 1.82) is 0 Å². The summed E-state index contributed by atoms with van der Waals surface area (Å²) in [5, 5.41) is 3.39. The maximum absolute atomic E-state index is 4.73. The highest BCUT2D eigenvalue weighted by atomic mass is 15.2. The van der Waals surface area contributed by atoms with Gasteiger partial charge in [0.1, 0.15) is 5.82 Å². The van der Waals surface area contributed by atoms with Gasteiger partial charge in [-0.3, -0.25) is 4.90 Å². The maximum Gasteiger partial charge on any atom is 0.128 e. The Morgan fingerprint density at radius 1 is 1.24 bits per heavy atom. The molecule has 21 heavy (non-hydrogen) atoms. The molecule has 3 heterocycles. The van der Waals surface area contributed by atoms with Crippen LogP contribution in [0.4, 0.5) is 5.82 Å². The molecule has 3 rings (SSSR count). The van der Waals surface area contributed by atoms with Crippen LogP contribution >= 0.6 is 0 Å². The molecule has 4 heteroatoms. The lowest BCUT2D eigenvalue weighted by Gasteiger charge is -2.29. The van der Waals surface area contributed by atoms with Gasteiger partial charge in [0.2, 0.25) is 0 Å². The summed E-state index contributed by atoms with van der Waals surface area (Å²) < 4.78 is 0. The van der Waals surface area contributed by atoms with Gasteiger partial charge in [-0.1, -0.05) is 19.9 Å². The lowest BCUT2D eigenvalue weighted by atomic mass is 10.1. The second-order valence-electron chi connectivity index (χ2n) is 6.73. The molecule has 1 aromatic heterocycles. The molecule has 116 valence electrons. The van der Waals surface area contributed by atoms with Gasteiger partial charge in [-0.05, 0) is 36.9 Å². The van der Waals surface area contributed by atoms with E-state index in [1.165, 1.54) is 31.5 Å². The van der Waals surface area contributed by atoms with Crippen LogP contribution in [-0.2, 0) is 0 Å². The van der Waals surface area contributed by atoms with Crippen LogP contribution in [0.15, 0.2) is 18.3 Å². The van der Waals surface area contributed by atoms with E-state index in [1.54, 1.807) is 0 Å². The number of likely N-dealkylation sites (tertiary alicyclic amines) is 1. The number of nitrogens with one attached hydrogen (secondary N) is 1. The van der Waals surface area contributed by atoms with E-state index in [9.17, 15) is 0 Å². The predicted molar refractivity (Wildman–Crippen MR) is 87.7 cm³/mol. The quantitative estimate of drug-likeness (QED) is 0.921. The zero-order chi connectivity index (χ0) is 14.7. The summed E-state index contributed by atoms with van der Waals surface area (Å²) in [6.07, 6.45) is 4.71. The van der Waals surface area contributed by atoms with Gasteiger partial charge in [-0.25, -0.2) is 4.98 Å². The first kappa shape index (κ1) is 14.8. The lowest BCUT2D eigenvalue weighted by Crippen LogP contribution is -2.43. The first-order chi connectivity index (χ1) is 10.2. The van der Waals surface area contributed by atoms with Gasteiger partial charge in [0.05, 0.1) is 0 Å². The molecular weight excluding hydrogens is 260 g/mol. The molecule has 4 nitrogen and oxygen atoms in total. The molecule has 2 aliphatic rings. The van der Waals surface area contributed by atoms with Crippen molar-refractivity contribution in [3.8, 4) is 0 Å². The van der Waals surface area contributed by atoms with Crippen molar-refractivity contribution in [2.24, 2.45) is 5.92 Å². The van der Waals surface area contributed by atoms with Crippen LogP contribution in [0.1, 0.15) is 38.3 Å². The number of hydrogen-bond acceptors (Lipinski definition) is 4. The second kappa shape index (κ2) is 6.75. The van der Waals surface area contributed by atoms with Gasteiger partial charge in [-0.2, -0.15) is 0 Å². The molecule has 0 spiro atoms. The van der Waals surface area contributed by atoms with Crippen molar-refractivity contribution in [3.05, 3.63) is 23.9 Å². The number of pyridine rings is 1. The molecule has 2 saturated heterocycles. The number of anilines is 1. The summed E-state index contributed by atoms with van der Waals surface area (Å²) in [5.74, 6) is 1.87. The lowest BCUT2D eigenvalue weighted by molar-refractivity contribution is 0.228. The molecule has 0 bridgehead atoms. The molecule has 1 atom stereocenters. The van der Waals surface area contributed by atoms with Gasteiger partial charge in [0, 0.05) is 45.0 Å². The molecule has 1 aromatic rings. The van der Waals surface area contributed by atoms with E-state index in [4.69, 9.17) is 4.98 Å². The molecule has 2 aliphatic heterocycles. The minimum absolute atomic E-state index is 0.581. The van der Waals surface area contributed by atoms with Gasteiger partial charge in [0.15, 0.2) is 0 Å². The number of aromatic nitrogens is 1. The van der Waals surface area contributed by atoms with Crippen molar-refractivity contribution in [2.45, 2.75) is 32.7 Å². The van der Waals surface area contributed by atoms with Crippen LogP contribution in [0.2, 0.25) is 0 Å². The predicted octanol–water partition coefficient (Wildman–Crippen LogP) is 2.28. The monoisotopic (exact) mass is 288 g/mol. The van der Waals surface area contributed by atoms with Gasteiger partial charge in [-0.15, -0.1) is 0 Å². The van der Waals surface area contributed by atoms with Gasteiger partial charge in [0.25, 0.3) is 0 Å². The molecule has 0 amide bonds. The zero-order valence-electron chi connectivity index (χ0n) is 13.4. The standard InChI is InChI=1S/C17H28N4/c1-14(2)13-21-9-3-4-16(21)15-5-6-17(19-12-15)20-10-7-18-8-11-20/h5-6,12,14,16,18H,3-4,7-11,13H2,1-2H3/t16-/m1/s1. The van der Waals surface area contributed by atoms with Crippen LogP contribution in [0, 0.1) is 5.92 Å². The van der Waals surface area contributed by atoms with Crippen LogP contribution in [0.5, 0.6) is 0 Å². The third-order valence-electron chi connectivity index (χ3n) is 4.56. The van der Waals surface area contributed by atoms with E-state index >= 15 is 0 Å². The Morgan fingerprint density at radius 2 is 2.05 bits per heavy atom. The first-order valence-corrected chi connectivity index (χ1v) is 8.39. The van der Waals surface area contributed by atoms with Crippen LogP contribution in [0.3, 0.4) is 0 Å². The van der Waals surface area contributed by atoms with Gasteiger partial charge < -0.3 is 10.2 Å². The number of piperazine rings is 1.